The van der Waals surface area contributed by atoms with Crippen molar-refractivity contribution >= 4 is 21.6 Å². The number of halogens is 4. The van der Waals surface area contributed by atoms with E-state index in [4.69, 9.17) is 4.74 Å². The molecule has 0 amide bonds. The summed E-state index contributed by atoms with van der Waals surface area (Å²) in [6, 6.07) is 11.2. The first-order chi connectivity index (χ1) is 16.8. The zero-order valence-electron chi connectivity index (χ0n) is 19.2. The van der Waals surface area contributed by atoms with Crippen molar-refractivity contribution in [2.75, 3.05) is 0 Å². The molecule has 7 nitrogen and oxygen atoms in total. The van der Waals surface area contributed by atoms with E-state index in [9.17, 15) is 35.6 Å². The van der Waals surface area contributed by atoms with Crippen LogP contribution in [0.4, 0.5) is 17.6 Å². The van der Waals surface area contributed by atoms with Gasteiger partial charge in [-0.15, -0.1) is 0 Å². The molecule has 36 heavy (non-hydrogen) atoms. The number of hydrogen-bond donors (Lipinski definition) is 0. The Hall–Kier alpha value is -3.67. The molecule has 0 saturated carbocycles. The molecule has 1 aromatic heterocycles. The maximum atomic E-state index is 13.0. The van der Waals surface area contributed by atoms with Crippen molar-refractivity contribution in [2.45, 2.75) is 44.1 Å². The van der Waals surface area contributed by atoms with Crippen LogP contribution < -0.4 is 4.74 Å². The molecule has 0 aliphatic carbocycles. The number of alkyl halides is 4. The molecular formula is C24H21F4NO6S. The van der Waals surface area contributed by atoms with Gasteiger partial charge in [-0.25, -0.2) is 13.2 Å². The van der Waals surface area contributed by atoms with Gasteiger partial charge in [-0.05, 0) is 75.4 Å². The number of esters is 1. The molecular weight excluding hydrogens is 506 g/mol. The Balaban J connectivity index is 1.76. The number of ketones is 1. The highest BCUT2D eigenvalue weighted by atomic mass is 32.2. The Labute approximate surface area is 204 Å². The fourth-order valence-electron chi connectivity index (χ4n) is 3.57. The molecule has 0 N–H and O–H groups in total. The molecule has 0 spiro atoms. The Morgan fingerprint density at radius 2 is 1.50 bits per heavy atom. The van der Waals surface area contributed by atoms with Crippen LogP contribution in [0.25, 0.3) is 5.69 Å². The van der Waals surface area contributed by atoms with Crippen LogP contribution in [-0.2, 0) is 14.6 Å². The van der Waals surface area contributed by atoms with Crippen molar-refractivity contribution in [3.05, 3.63) is 77.1 Å². The molecule has 192 valence electrons. The number of carbonyl (C=O) groups is 2. The third-order valence-corrected chi connectivity index (χ3v) is 6.72. The lowest BCUT2D eigenvalue weighted by molar-refractivity contribution is -0.0498. The number of Topliss-reactive ketones (excluding diaryl/α,β-unsaturated/α-hetero) is 1. The number of nitrogens with zero attached hydrogens (tertiary/aromatic N) is 1. The van der Waals surface area contributed by atoms with E-state index in [-0.39, 0.29) is 16.9 Å². The topological polar surface area (TPSA) is 91.7 Å². The third kappa shape index (κ3) is 5.59. The van der Waals surface area contributed by atoms with Crippen LogP contribution >= 0.6 is 0 Å². The van der Waals surface area contributed by atoms with Crippen LogP contribution in [0.15, 0.2) is 59.5 Å². The Kier molecular flexibility index (Phi) is 7.87. The molecule has 1 heterocycles. The molecule has 1 atom stereocenters. The first-order valence-electron chi connectivity index (χ1n) is 10.4. The van der Waals surface area contributed by atoms with Crippen molar-refractivity contribution < 1.29 is 45.0 Å². The van der Waals surface area contributed by atoms with E-state index in [1.165, 1.54) is 19.1 Å². The Morgan fingerprint density at radius 1 is 0.917 bits per heavy atom. The van der Waals surface area contributed by atoms with Crippen LogP contribution in [0, 0.1) is 13.8 Å². The fraction of sp³-hybridized carbons (Fsp3) is 0.250. The van der Waals surface area contributed by atoms with Crippen molar-refractivity contribution in [3.63, 3.8) is 0 Å². The minimum absolute atomic E-state index is 0.0205. The van der Waals surface area contributed by atoms with Gasteiger partial charge in [0.2, 0.25) is 15.6 Å². The molecule has 3 rings (SSSR count). The van der Waals surface area contributed by atoms with Crippen molar-refractivity contribution in [1.82, 2.24) is 4.57 Å². The highest BCUT2D eigenvalue weighted by molar-refractivity contribution is 7.91. The van der Waals surface area contributed by atoms with Gasteiger partial charge in [0.25, 0.3) is 0 Å². The summed E-state index contributed by atoms with van der Waals surface area (Å²) in [7, 11) is -4.81. The number of benzene rings is 2. The maximum absolute atomic E-state index is 13.0. The minimum atomic E-state index is -4.81. The van der Waals surface area contributed by atoms with Crippen LogP contribution in [0.1, 0.15) is 39.0 Å². The molecule has 12 heteroatoms. The largest absolute Gasteiger partial charge is 0.451 e. The van der Waals surface area contributed by atoms with Gasteiger partial charge in [-0.1, -0.05) is 0 Å². The van der Waals surface area contributed by atoms with Gasteiger partial charge in [-0.2, -0.15) is 17.6 Å². The summed E-state index contributed by atoms with van der Waals surface area (Å²) in [5.74, 6) is -5.08. The van der Waals surface area contributed by atoms with Gasteiger partial charge in [0.05, 0.1) is 10.5 Å². The minimum Gasteiger partial charge on any atom is -0.451 e. The Morgan fingerprint density at radius 3 is 2.03 bits per heavy atom. The monoisotopic (exact) mass is 527 g/mol. The smallest absolute Gasteiger partial charge is 0.387 e. The second kappa shape index (κ2) is 10.5. The van der Waals surface area contributed by atoms with E-state index in [1.54, 1.807) is 36.6 Å². The average molecular weight is 527 g/mol. The quantitative estimate of drug-likeness (QED) is 0.218. The van der Waals surface area contributed by atoms with Crippen LogP contribution in [-0.4, -0.2) is 43.2 Å². The summed E-state index contributed by atoms with van der Waals surface area (Å²) in [6.07, 6.45) is -1.22. The van der Waals surface area contributed by atoms with Crippen LogP contribution in [0.3, 0.4) is 0 Å². The lowest BCUT2D eigenvalue weighted by atomic mass is 10.1. The molecule has 0 radical (unpaired) electrons. The lowest BCUT2D eigenvalue weighted by Crippen LogP contribution is -2.25. The molecule has 0 bridgehead atoms. The highest BCUT2D eigenvalue weighted by Crippen LogP contribution is 2.25. The maximum Gasteiger partial charge on any atom is 0.387 e. The van der Waals surface area contributed by atoms with Gasteiger partial charge < -0.3 is 14.0 Å². The lowest BCUT2D eigenvalue weighted by Gasteiger charge is -2.14. The van der Waals surface area contributed by atoms with Gasteiger partial charge in [-0.3, -0.25) is 4.79 Å². The summed E-state index contributed by atoms with van der Waals surface area (Å²) in [6.45, 7) is 1.81. The summed E-state index contributed by atoms with van der Waals surface area (Å²) >= 11 is 0. The molecule has 0 saturated heterocycles. The number of sulfone groups is 1. The highest BCUT2D eigenvalue weighted by Gasteiger charge is 2.28. The van der Waals surface area contributed by atoms with E-state index in [0.29, 0.717) is 17.1 Å². The summed E-state index contributed by atoms with van der Waals surface area (Å²) < 4.78 is 84.4. The molecule has 3 aromatic rings. The van der Waals surface area contributed by atoms with Crippen LogP contribution in [0.5, 0.6) is 5.75 Å². The number of ether oxygens (including phenoxy) is 2. The van der Waals surface area contributed by atoms with Gasteiger partial charge in [0.1, 0.15) is 5.75 Å². The first-order valence-corrected chi connectivity index (χ1v) is 12.0. The molecule has 2 aromatic carbocycles. The molecule has 0 aliphatic rings. The third-order valence-electron chi connectivity index (χ3n) is 5.32. The zero-order chi connectivity index (χ0) is 26.8. The molecule has 0 aliphatic heterocycles. The zero-order valence-corrected chi connectivity index (χ0v) is 20.1. The predicted molar refractivity (Wildman–Crippen MR) is 121 cm³/mol. The SMILES string of the molecule is Cc1cc(C(=O)C(C)OC(=O)c2ccc(S(=O)(=O)C(F)F)cc2)c(C)n1-c1ccc(OC(F)F)cc1. The normalized spacial score (nSPS) is 12.6. The van der Waals surface area contributed by atoms with E-state index in [0.717, 1.165) is 24.3 Å². The Bertz CT molecular complexity index is 1370. The van der Waals surface area contributed by atoms with E-state index in [2.05, 4.69) is 4.74 Å². The second-order valence-corrected chi connectivity index (χ2v) is 9.65. The average Bonchev–Trinajstić information content (AvgIpc) is 3.12. The number of aryl methyl sites for hydroxylation is 1. The summed E-state index contributed by atoms with van der Waals surface area (Å²) in [5, 5.41) is 0. The number of aromatic nitrogens is 1. The van der Waals surface area contributed by atoms with Gasteiger partial charge in [0, 0.05) is 22.6 Å². The van der Waals surface area contributed by atoms with Crippen LogP contribution in [0.2, 0.25) is 0 Å². The molecule has 0 fully saturated rings. The summed E-state index contributed by atoms with van der Waals surface area (Å²) in [4.78, 5) is 24.8. The number of carbonyl (C=O) groups excluding carboxylic acids is 2. The van der Waals surface area contributed by atoms with Gasteiger partial charge in [0.15, 0.2) is 6.10 Å². The van der Waals surface area contributed by atoms with Crippen molar-refractivity contribution in [3.8, 4) is 11.4 Å². The fourth-order valence-corrected chi connectivity index (χ4v) is 4.29. The standard InChI is InChI=1S/C24H21F4NO6S/c1-13-12-20(14(2)29(13)17-6-8-18(9-7-17)35-23(25)26)21(30)15(3)34-22(31)16-4-10-19(11-5-16)36(32,33)24(27)28/h4-12,15,23-24H,1-3H3. The predicted octanol–water partition coefficient (Wildman–Crippen LogP) is 5.12. The second-order valence-electron chi connectivity index (χ2n) is 7.73. The first kappa shape index (κ1) is 26.9. The van der Waals surface area contributed by atoms with Crippen molar-refractivity contribution in [2.24, 2.45) is 0 Å². The molecule has 1 unspecified atom stereocenters. The number of rotatable bonds is 9. The van der Waals surface area contributed by atoms with E-state index < -0.39 is 45.0 Å². The van der Waals surface area contributed by atoms with E-state index in [1.807, 2.05) is 0 Å². The summed E-state index contributed by atoms with van der Waals surface area (Å²) in [5.41, 5.74) is 1.91. The van der Waals surface area contributed by atoms with Gasteiger partial charge >= 0.3 is 18.3 Å². The van der Waals surface area contributed by atoms with Crippen molar-refractivity contribution in [1.29, 1.82) is 0 Å². The van der Waals surface area contributed by atoms with E-state index >= 15 is 0 Å². The number of hydrogen-bond acceptors (Lipinski definition) is 6.